The predicted molar refractivity (Wildman–Crippen MR) is 133 cm³/mol. The van der Waals surface area contributed by atoms with E-state index in [1.165, 1.54) is 19.2 Å². The van der Waals surface area contributed by atoms with Crippen LogP contribution in [0.4, 0.5) is 5.69 Å². The number of methoxy groups -OCH3 is 1. The molecule has 7 nitrogen and oxygen atoms in total. The molecule has 0 saturated carbocycles. The van der Waals surface area contributed by atoms with Gasteiger partial charge in [0.25, 0.3) is 10.0 Å². The van der Waals surface area contributed by atoms with Gasteiger partial charge in [0.05, 0.1) is 23.7 Å². The Hall–Kier alpha value is -3.52. The first-order valence-electron chi connectivity index (χ1n) is 10.9. The van der Waals surface area contributed by atoms with Gasteiger partial charge in [-0.15, -0.1) is 0 Å². The maximum absolute atomic E-state index is 13.5. The van der Waals surface area contributed by atoms with Gasteiger partial charge in [-0.3, -0.25) is 9.10 Å². The quantitative estimate of drug-likeness (QED) is 0.471. The van der Waals surface area contributed by atoms with Gasteiger partial charge in [-0.05, 0) is 68.8 Å². The normalized spacial score (nSPS) is 12.0. The summed E-state index contributed by atoms with van der Waals surface area (Å²) in [5.41, 5.74) is 2.30. The first-order valence-corrected chi connectivity index (χ1v) is 12.4. The van der Waals surface area contributed by atoms with Crippen molar-refractivity contribution in [3.63, 3.8) is 0 Å². The highest BCUT2D eigenvalue weighted by Gasteiger charge is 2.27. The molecule has 1 amide bonds. The minimum absolute atomic E-state index is 0.109. The van der Waals surface area contributed by atoms with Crippen LogP contribution >= 0.6 is 0 Å². The molecule has 0 radical (unpaired) electrons. The van der Waals surface area contributed by atoms with Crippen molar-refractivity contribution < 1.29 is 22.7 Å². The molecule has 0 saturated heterocycles. The molecule has 0 aliphatic heterocycles. The number of carbonyl (C=O) groups is 1. The van der Waals surface area contributed by atoms with Crippen LogP contribution in [0, 0.1) is 13.8 Å². The van der Waals surface area contributed by atoms with Gasteiger partial charge < -0.3 is 14.8 Å². The summed E-state index contributed by atoms with van der Waals surface area (Å²) in [4.78, 5) is 13.0. The van der Waals surface area contributed by atoms with E-state index in [4.69, 9.17) is 9.47 Å². The van der Waals surface area contributed by atoms with E-state index in [0.717, 1.165) is 21.2 Å². The molecule has 8 heteroatoms. The molecule has 1 unspecified atom stereocenters. The Bertz CT molecular complexity index is 1210. The van der Waals surface area contributed by atoms with Crippen LogP contribution in [0.25, 0.3) is 0 Å². The molecule has 34 heavy (non-hydrogen) atoms. The van der Waals surface area contributed by atoms with Gasteiger partial charge in [0.15, 0.2) is 0 Å². The Morgan fingerprint density at radius 1 is 0.971 bits per heavy atom. The van der Waals surface area contributed by atoms with Crippen molar-refractivity contribution in [2.45, 2.75) is 31.7 Å². The largest absolute Gasteiger partial charge is 0.497 e. The highest BCUT2D eigenvalue weighted by atomic mass is 32.2. The van der Waals surface area contributed by atoms with E-state index in [2.05, 4.69) is 5.32 Å². The zero-order valence-electron chi connectivity index (χ0n) is 19.8. The minimum atomic E-state index is -3.98. The van der Waals surface area contributed by atoms with Crippen molar-refractivity contribution in [2.75, 3.05) is 24.6 Å². The Labute approximate surface area is 201 Å². The second kappa shape index (κ2) is 11.1. The smallest absolute Gasteiger partial charge is 0.264 e. The molecule has 0 heterocycles. The molecule has 3 rings (SSSR count). The SMILES string of the molecule is COc1ccc(N(CC(=O)NC(C)COc2ccccc2C)S(=O)(=O)c2ccc(C)cc2)cc1. The second-order valence-corrected chi connectivity index (χ2v) is 9.93. The summed E-state index contributed by atoms with van der Waals surface area (Å²) in [6.45, 7) is 5.51. The lowest BCUT2D eigenvalue weighted by molar-refractivity contribution is -0.120. The number of sulfonamides is 1. The molecule has 0 fully saturated rings. The highest BCUT2D eigenvalue weighted by molar-refractivity contribution is 7.92. The van der Waals surface area contributed by atoms with Crippen molar-refractivity contribution in [3.8, 4) is 11.5 Å². The maximum atomic E-state index is 13.5. The van der Waals surface area contributed by atoms with Gasteiger partial charge in [-0.25, -0.2) is 8.42 Å². The number of rotatable bonds is 10. The number of nitrogens with one attached hydrogen (secondary N) is 1. The molecular weight excluding hydrogens is 452 g/mol. The van der Waals surface area contributed by atoms with Gasteiger partial charge in [0.2, 0.25) is 5.91 Å². The van der Waals surface area contributed by atoms with Gasteiger partial charge in [0, 0.05) is 0 Å². The van der Waals surface area contributed by atoms with E-state index in [1.54, 1.807) is 36.4 Å². The molecule has 0 aromatic heterocycles. The molecular formula is C26H30N2O5S. The molecule has 0 aliphatic rings. The second-order valence-electron chi connectivity index (χ2n) is 8.07. The van der Waals surface area contributed by atoms with Gasteiger partial charge in [-0.1, -0.05) is 35.9 Å². The molecule has 3 aromatic rings. The van der Waals surface area contributed by atoms with Crippen LogP contribution in [-0.2, 0) is 14.8 Å². The summed E-state index contributed by atoms with van der Waals surface area (Å²) in [7, 11) is -2.45. The van der Waals surface area contributed by atoms with Crippen molar-refractivity contribution in [1.29, 1.82) is 0 Å². The van der Waals surface area contributed by atoms with E-state index in [9.17, 15) is 13.2 Å². The lowest BCUT2D eigenvalue weighted by Gasteiger charge is -2.25. The average Bonchev–Trinajstić information content (AvgIpc) is 2.82. The lowest BCUT2D eigenvalue weighted by atomic mass is 10.2. The Morgan fingerprint density at radius 2 is 1.62 bits per heavy atom. The van der Waals surface area contributed by atoms with Crippen LogP contribution in [0.3, 0.4) is 0 Å². The number of carbonyl (C=O) groups excluding carboxylic acids is 1. The van der Waals surface area contributed by atoms with E-state index >= 15 is 0 Å². The third-order valence-electron chi connectivity index (χ3n) is 5.25. The lowest BCUT2D eigenvalue weighted by Crippen LogP contribution is -2.45. The fraction of sp³-hybridized carbons (Fsp3) is 0.269. The third kappa shape index (κ3) is 6.29. The van der Waals surface area contributed by atoms with Gasteiger partial charge >= 0.3 is 0 Å². The van der Waals surface area contributed by atoms with Crippen LogP contribution in [0.1, 0.15) is 18.1 Å². The summed E-state index contributed by atoms with van der Waals surface area (Å²) < 4.78 is 39.0. The summed E-state index contributed by atoms with van der Waals surface area (Å²) in [6.07, 6.45) is 0. The van der Waals surface area contributed by atoms with Gasteiger partial charge in [-0.2, -0.15) is 0 Å². The molecule has 180 valence electrons. The van der Waals surface area contributed by atoms with Crippen LogP contribution in [0.2, 0.25) is 0 Å². The summed E-state index contributed by atoms with van der Waals surface area (Å²) in [6, 6.07) is 20.4. The summed E-state index contributed by atoms with van der Waals surface area (Å²) in [5, 5.41) is 2.83. The van der Waals surface area contributed by atoms with E-state index < -0.39 is 15.9 Å². The zero-order chi connectivity index (χ0) is 24.7. The third-order valence-corrected chi connectivity index (χ3v) is 7.03. The highest BCUT2D eigenvalue weighted by Crippen LogP contribution is 2.26. The Morgan fingerprint density at radius 3 is 2.24 bits per heavy atom. The number of amides is 1. The Kier molecular flexibility index (Phi) is 8.17. The molecule has 0 aliphatic carbocycles. The maximum Gasteiger partial charge on any atom is 0.264 e. The fourth-order valence-electron chi connectivity index (χ4n) is 3.33. The molecule has 3 aromatic carbocycles. The van der Waals surface area contributed by atoms with Crippen molar-refractivity contribution >= 4 is 21.6 Å². The van der Waals surface area contributed by atoms with Gasteiger partial charge in [0.1, 0.15) is 24.7 Å². The molecule has 0 spiro atoms. The first kappa shape index (κ1) is 25.1. The van der Waals surface area contributed by atoms with E-state index in [0.29, 0.717) is 11.4 Å². The monoisotopic (exact) mass is 482 g/mol. The van der Waals surface area contributed by atoms with Crippen LogP contribution in [0.5, 0.6) is 11.5 Å². The van der Waals surface area contributed by atoms with Crippen LogP contribution < -0.4 is 19.1 Å². The predicted octanol–water partition coefficient (Wildman–Crippen LogP) is 4.09. The summed E-state index contributed by atoms with van der Waals surface area (Å²) >= 11 is 0. The number of aryl methyl sites for hydroxylation is 2. The molecule has 1 N–H and O–H groups in total. The standard InChI is InChI=1S/C26H30N2O5S/c1-19-9-15-24(16-10-19)34(30,31)28(22-11-13-23(32-4)14-12-22)17-26(29)27-21(3)18-33-25-8-6-5-7-20(25)2/h5-16,21H,17-18H2,1-4H3,(H,27,29). The van der Waals surface area contributed by atoms with Crippen LogP contribution in [0.15, 0.2) is 77.7 Å². The number of benzene rings is 3. The number of anilines is 1. The zero-order valence-corrected chi connectivity index (χ0v) is 20.6. The van der Waals surface area contributed by atoms with E-state index in [1.807, 2.05) is 45.0 Å². The number of hydrogen-bond donors (Lipinski definition) is 1. The number of hydrogen-bond acceptors (Lipinski definition) is 5. The van der Waals surface area contributed by atoms with Crippen molar-refractivity contribution in [1.82, 2.24) is 5.32 Å². The number of nitrogens with zero attached hydrogens (tertiary/aromatic N) is 1. The topological polar surface area (TPSA) is 84.9 Å². The minimum Gasteiger partial charge on any atom is -0.497 e. The van der Waals surface area contributed by atoms with Crippen LogP contribution in [-0.4, -0.2) is 40.6 Å². The number of ether oxygens (including phenoxy) is 2. The first-order chi connectivity index (χ1) is 16.2. The average molecular weight is 483 g/mol. The number of para-hydroxylation sites is 1. The van der Waals surface area contributed by atoms with E-state index in [-0.39, 0.29) is 24.1 Å². The summed E-state index contributed by atoms with van der Waals surface area (Å²) in [5.74, 6) is 0.889. The van der Waals surface area contributed by atoms with Crippen molar-refractivity contribution in [2.24, 2.45) is 0 Å². The fourth-order valence-corrected chi connectivity index (χ4v) is 4.75. The Balaban J connectivity index is 1.77. The molecule has 1 atom stereocenters. The molecule has 0 bridgehead atoms. The van der Waals surface area contributed by atoms with Crippen molar-refractivity contribution in [3.05, 3.63) is 83.9 Å².